The molecule has 2 nitrogen and oxygen atoms in total. The third kappa shape index (κ3) is 2.62. The van der Waals surface area contributed by atoms with Gasteiger partial charge in [-0.3, -0.25) is 0 Å². The molecule has 2 aromatic rings. The van der Waals surface area contributed by atoms with Gasteiger partial charge in [0.05, 0.1) is 6.10 Å². The molecule has 0 aliphatic carbocycles. The molecule has 0 amide bonds. The third-order valence-electron chi connectivity index (χ3n) is 2.21. The Kier molecular flexibility index (Phi) is 3.59. The zero-order valence-electron chi connectivity index (χ0n) is 9.00. The van der Waals surface area contributed by atoms with Crippen LogP contribution in [-0.4, -0.2) is 10.1 Å². The predicted octanol–water partition coefficient (Wildman–Crippen LogP) is 3.29. The van der Waals surface area contributed by atoms with Crippen molar-refractivity contribution in [3.05, 3.63) is 54.2 Å². The number of aliphatic hydroxyl groups is 1. The first kappa shape index (κ1) is 11.2. The number of hydrogen-bond acceptors (Lipinski definition) is 3. The fourth-order valence-corrected chi connectivity index (χ4v) is 2.39. The highest BCUT2D eigenvalue weighted by molar-refractivity contribution is 7.99. The molecule has 1 unspecified atom stereocenters. The highest BCUT2D eigenvalue weighted by Gasteiger charge is 2.09. The van der Waals surface area contributed by atoms with Gasteiger partial charge in [0.2, 0.25) is 0 Å². The van der Waals surface area contributed by atoms with Crippen LogP contribution < -0.4 is 0 Å². The van der Waals surface area contributed by atoms with E-state index < -0.39 is 6.10 Å². The SMILES string of the molecule is CC(O)c1cccnc1Sc1ccccc1. The summed E-state index contributed by atoms with van der Waals surface area (Å²) < 4.78 is 0. The molecule has 0 aliphatic rings. The molecular weight excluding hydrogens is 218 g/mol. The van der Waals surface area contributed by atoms with Crippen LogP contribution in [0.5, 0.6) is 0 Å². The Bertz CT molecular complexity index is 456. The summed E-state index contributed by atoms with van der Waals surface area (Å²) in [7, 11) is 0. The van der Waals surface area contributed by atoms with Gasteiger partial charge in [-0.15, -0.1) is 0 Å². The molecule has 1 N–H and O–H groups in total. The van der Waals surface area contributed by atoms with Gasteiger partial charge in [0.15, 0.2) is 0 Å². The maximum Gasteiger partial charge on any atom is 0.106 e. The van der Waals surface area contributed by atoms with E-state index in [0.29, 0.717) is 0 Å². The summed E-state index contributed by atoms with van der Waals surface area (Å²) in [5.41, 5.74) is 0.872. The van der Waals surface area contributed by atoms with Crippen LogP contribution in [0.3, 0.4) is 0 Å². The number of benzene rings is 1. The number of rotatable bonds is 3. The number of aliphatic hydroxyl groups excluding tert-OH is 1. The minimum absolute atomic E-state index is 0.486. The summed E-state index contributed by atoms with van der Waals surface area (Å²) >= 11 is 1.57. The zero-order valence-corrected chi connectivity index (χ0v) is 9.82. The van der Waals surface area contributed by atoms with Gasteiger partial charge in [-0.05, 0) is 25.1 Å². The normalized spacial score (nSPS) is 12.4. The minimum atomic E-state index is -0.486. The van der Waals surface area contributed by atoms with Crippen molar-refractivity contribution in [2.24, 2.45) is 0 Å². The molecule has 82 valence electrons. The number of hydrogen-bond donors (Lipinski definition) is 1. The van der Waals surface area contributed by atoms with Gasteiger partial charge >= 0.3 is 0 Å². The van der Waals surface area contributed by atoms with Crippen molar-refractivity contribution in [1.82, 2.24) is 4.98 Å². The van der Waals surface area contributed by atoms with E-state index in [4.69, 9.17) is 0 Å². The van der Waals surface area contributed by atoms with Crippen LogP contribution in [0, 0.1) is 0 Å². The Morgan fingerprint density at radius 1 is 1.12 bits per heavy atom. The van der Waals surface area contributed by atoms with E-state index in [-0.39, 0.29) is 0 Å². The Hall–Kier alpha value is -1.32. The van der Waals surface area contributed by atoms with Crippen molar-refractivity contribution < 1.29 is 5.11 Å². The van der Waals surface area contributed by atoms with Gasteiger partial charge in [0, 0.05) is 16.7 Å². The fraction of sp³-hybridized carbons (Fsp3) is 0.154. The summed E-state index contributed by atoms with van der Waals surface area (Å²) in [6, 6.07) is 13.8. The summed E-state index contributed by atoms with van der Waals surface area (Å²) in [4.78, 5) is 5.43. The molecule has 0 radical (unpaired) electrons. The lowest BCUT2D eigenvalue weighted by Crippen LogP contribution is -1.95. The lowest BCUT2D eigenvalue weighted by atomic mass is 10.2. The van der Waals surface area contributed by atoms with Gasteiger partial charge in [0.25, 0.3) is 0 Å². The lowest BCUT2D eigenvalue weighted by molar-refractivity contribution is 0.195. The second-order valence-electron chi connectivity index (χ2n) is 3.49. The van der Waals surface area contributed by atoms with Crippen LogP contribution in [-0.2, 0) is 0 Å². The van der Waals surface area contributed by atoms with Crippen molar-refractivity contribution in [2.75, 3.05) is 0 Å². The van der Waals surface area contributed by atoms with E-state index >= 15 is 0 Å². The highest BCUT2D eigenvalue weighted by Crippen LogP contribution is 2.30. The lowest BCUT2D eigenvalue weighted by Gasteiger charge is -2.09. The predicted molar refractivity (Wildman–Crippen MR) is 65.4 cm³/mol. The first-order chi connectivity index (χ1) is 7.77. The van der Waals surface area contributed by atoms with Crippen LogP contribution >= 0.6 is 11.8 Å². The molecule has 0 saturated heterocycles. The summed E-state index contributed by atoms with van der Waals surface area (Å²) in [5, 5.41) is 10.5. The number of nitrogens with zero attached hydrogens (tertiary/aromatic N) is 1. The van der Waals surface area contributed by atoms with Gasteiger partial charge in [-0.1, -0.05) is 36.0 Å². The van der Waals surface area contributed by atoms with Crippen LogP contribution in [0.1, 0.15) is 18.6 Å². The second kappa shape index (κ2) is 5.14. The van der Waals surface area contributed by atoms with E-state index in [0.717, 1.165) is 15.5 Å². The van der Waals surface area contributed by atoms with Gasteiger partial charge in [-0.25, -0.2) is 4.98 Å². The molecule has 3 heteroatoms. The van der Waals surface area contributed by atoms with E-state index in [1.165, 1.54) is 0 Å². The maximum absolute atomic E-state index is 9.63. The summed E-state index contributed by atoms with van der Waals surface area (Å²) in [6.45, 7) is 1.76. The van der Waals surface area contributed by atoms with E-state index in [1.807, 2.05) is 42.5 Å². The monoisotopic (exact) mass is 231 g/mol. The maximum atomic E-state index is 9.63. The Morgan fingerprint density at radius 3 is 2.56 bits per heavy atom. The summed E-state index contributed by atoms with van der Waals surface area (Å²) in [6.07, 6.45) is 1.26. The highest BCUT2D eigenvalue weighted by atomic mass is 32.2. The van der Waals surface area contributed by atoms with Crippen molar-refractivity contribution in [3.63, 3.8) is 0 Å². The first-order valence-corrected chi connectivity index (χ1v) is 5.95. The first-order valence-electron chi connectivity index (χ1n) is 5.13. The Morgan fingerprint density at radius 2 is 1.88 bits per heavy atom. The molecule has 1 heterocycles. The van der Waals surface area contributed by atoms with Crippen molar-refractivity contribution in [3.8, 4) is 0 Å². The molecule has 2 rings (SSSR count). The van der Waals surface area contributed by atoms with Gasteiger partial charge in [-0.2, -0.15) is 0 Å². The average Bonchev–Trinajstić information content (AvgIpc) is 2.31. The smallest absolute Gasteiger partial charge is 0.106 e. The second-order valence-corrected chi connectivity index (χ2v) is 4.55. The molecule has 0 bridgehead atoms. The molecule has 16 heavy (non-hydrogen) atoms. The van der Waals surface area contributed by atoms with E-state index in [9.17, 15) is 5.11 Å². The van der Waals surface area contributed by atoms with Crippen molar-refractivity contribution >= 4 is 11.8 Å². The Balaban J connectivity index is 2.28. The van der Waals surface area contributed by atoms with Crippen LogP contribution in [0.2, 0.25) is 0 Å². The molecule has 0 saturated carbocycles. The van der Waals surface area contributed by atoms with E-state index in [2.05, 4.69) is 4.98 Å². The van der Waals surface area contributed by atoms with Crippen molar-refractivity contribution in [1.29, 1.82) is 0 Å². The largest absolute Gasteiger partial charge is 0.389 e. The molecule has 1 aromatic carbocycles. The Labute approximate surface area is 99.4 Å². The fourth-order valence-electron chi connectivity index (χ4n) is 1.41. The summed E-state index contributed by atoms with van der Waals surface area (Å²) in [5.74, 6) is 0. The topological polar surface area (TPSA) is 33.1 Å². The third-order valence-corrected chi connectivity index (χ3v) is 3.25. The van der Waals surface area contributed by atoms with E-state index in [1.54, 1.807) is 24.9 Å². The van der Waals surface area contributed by atoms with Gasteiger partial charge < -0.3 is 5.11 Å². The average molecular weight is 231 g/mol. The van der Waals surface area contributed by atoms with Crippen LogP contribution in [0.4, 0.5) is 0 Å². The molecule has 0 aliphatic heterocycles. The quantitative estimate of drug-likeness (QED) is 0.880. The molecular formula is C13H13NOS. The standard InChI is InChI=1S/C13H13NOS/c1-10(15)12-8-5-9-14-13(12)16-11-6-3-2-4-7-11/h2-10,15H,1H3. The number of aromatic nitrogens is 1. The van der Waals surface area contributed by atoms with Crippen molar-refractivity contribution in [2.45, 2.75) is 22.9 Å². The molecule has 1 aromatic heterocycles. The molecule has 1 atom stereocenters. The van der Waals surface area contributed by atoms with Crippen LogP contribution in [0.15, 0.2) is 58.6 Å². The minimum Gasteiger partial charge on any atom is -0.389 e. The molecule has 0 spiro atoms. The zero-order chi connectivity index (χ0) is 11.4. The number of pyridine rings is 1. The van der Waals surface area contributed by atoms with Gasteiger partial charge in [0.1, 0.15) is 5.03 Å². The van der Waals surface area contributed by atoms with Crippen LogP contribution in [0.25, 0.3) is 0 Å². The molecule has 0 fully saturated rings.